The summed E-state index contributed by atoms with van der Waals surface area (Å²) in [7, 11) is 0. The molecule has 0 unspecified atom stereocenters. The number of nitrogens with one attached hydrogen (secondary N) is 2. The Kier molecular flexibility index (Phi) is 6.13. The summed E-state index contributed by atoms with van der Waals surface area (Å²) >= 11 is 1.20. The summed E-state index contributed by atoms with van der Waals surface area (Å²) in [5.41, 5.74) is 1.57. The fraction of sp³-hybridized carbons (Fsp3) is 0.312. The normalized spacial score (nSPS) is 11.2. The van der Waals surface area contributed by atoms with Crippen molar-refractivity contribution in [1.82, 2.24) is 15.6 Å². The maximum Gasteiger partial charge on any atom is 0.405 e. The molecule has 0 atom stereocenters. The summed E-state index contributed by atoms with van der Waals surface area (Å²) in [6, 6.07) is 9.61. The summed E-state index contributed by atoms with van der Waals surface area (Å²) in [5.74, 6) is -1.44. The molecule has 0 aliphatic heterocycles. The highest BCUT2D eigenvalue weighted by Gasteiger charge is 2.27. The Hall–Kier alpha value is -2.42. The number of amides is 2. The molecule has 2 rings (SSSR count). The van der Waals surface area contributed by atoms with Crippen LogP contribution in [0.4, 0.5) is 13.2 Å². The number of alkyl halides is 3. The Bertz CT molecular complexity index is 745. The number of thiazole rings is 1. The number of rotatable bonds is 6. The molecule has 0 saturated heterocycles. The van der Waals surface area contributed by atoms with Crippen LogP contribution in [-0.2, 0) is 11.2 Å². The van der Waals surface area contributed by atoms with E-state index in [0.717, 1.165) is 10.6 Å². The maximum atomic E-state index is 12.1. The van der Waals surface area contributed by atoms with Crippen LogP contribution in [0.25, 0.3) is 0 Å². The van der Waals surface area contributed by atoms with Crippen LogP contribution in [0, 0.1) is 6.92 Å². The number of nitrogens with zero attached hydrogens (tertiary/aromatic N) is 1. The first-order valence-electron chi connectivity index (χ1n) is 7.36. The lowest BCUT2D eigenvalue weighted by atomic mass is 10.2. The van der Waals surface area contributed by atoms with Crippen molar-refractivity contribution in [3.8, 4) is 0 Å². The van der Waals surface area contributed by atoms with Gasteiger partial charge in [0.25, 0.3) is 5.91 Å². The average Bonchev–Trinajstić information content (AvgIpc) is 2.91. The van der Waals surface area contributed by atoms with Crippen molar-refractivity contribution in [2.45, 2.75) is 19.5 Å². The van der Waals surface area contributed by atoms with Gasteiger partial charge in [-0.25, -0.2) is 4.98 Å². The Labute approximate surface area is 146 Å². The van der Waals surface area contributed by atoms with Gasteiger partial charge in [-0.05, 0) is 12.5 Å². The molecule has 1 heterocycles. The Morgan fingerprint density at radius 2 is 1.84 bits per heavy atom. The third-order valence-corrected chi connectivity index (χ3v) is 4.30. The first-order valence-corrected chi connectivity index (χ1v) is 8.18. The Morgan fingerprint density at radius 3 is 2.48 bits per heavy atom. The molecule has 0 saturated carbocycles. The number of halogens is 3. The van der Waals surface area contributed by atoms with E-state index >= 15 is 0 Å². The lowest BCUT2D eigenvalue weighted by molar-refractivity contribution is -0.137. The van der Waals surface area contributed by atoms with Crippen LogP contribution in [0.15, 0.2) is 30.3 Å². The number of aromatic nitrogens is 1. The molecule has 1 aromatic carbocycles. The maximum absolute atomic E-state index is 12.1. The summed E-state index contributed by atoms with van der Waals surface area (Å²) in [6.07, 6.45) is -3.91. The van der Waals surface area contributed by atoms with Gasteiger partial charge in [0.05, 0.1) is 17.2 Å². The number of carbonyl (C=O) groups excluding carboxylic acids is 2. The van der Waals surface area contributed by atoms with Crippen LogP contribution in [0.2, 0.25) is 0 Å². The molecule has 2 N–H and O–H groups in total. The van der Waals surface area contributed by atoms with Crippen LogP contribution in [0.3, 0.4) is 0 Å². The van der Waals surface area contributed by atoms with Crippen molar-refractivity contribution in [3.63, 3.8) is 0 Å². The van der Waals surface area contributed by atoms with Gasteiger partial charge < -0.3 is 10.6 Å². The molecule has 1 aromatic heterocycles. The van der Waals surface area contributed by atoms with Crippen LogP contribution in [0.1, 0.15) is 25.9 Å². The number of carbonyl (C=O) groups is 2. The molecule has 134 valence electrons. The van der Waals surface area contributed by atoms with E-state index in [2.05, 4.69) is 10.3 Å². The van der Waals surface area contributed by atoms with Gasteiger partial charge in [-0.15, -0.1) is 11.3 Å². The third kappa shape index (κ3) is 6.18. The van der Waals surface area contributed by atoms with Crippen molar-refractivity contribution < 1.29 is 22.8 Å². The van der Waals surface area contributed by atoms with Crippen LogP contribution in [0.5, 0.6) is 0 Å². The molecule has 2 aromatic rings. The number of benzene rings is 1. The predicted octanol–water partition coefficient (Wildman–Crippen LogP) is 2.45. The van der Waals surface area contributed by atoms with Gasteiger partial charge in [0.15, 0.2) is 0 Å². The van der Waals surface area contributed by atoms with E-state index in [0.29, 0.717) is 17.0 Å². The predicted molar refractivity (Wildman–Crippen MR) is 87.5 cm³/mol. The Morgan fingerprint density at radius 1 is 1.16 bits per heavy atom. The van der Waals surface area contributed by atoms with E-state index in [1.165, 1.54) is 11.3 Å². The SMILES string of the molecule is Cc1nc(Cc2ccccc2)sc1C(=O)NCC(=O)NCC(F)(F)F. The third-order valence-electron chi connectivity index (χ3n) is 3.14. The lowest BCUT2D eigenvalue weighted by Crippen LogP contribution is -2.40. The monoisotopic (exact) mass is 371 g/mol. The number of hydrogen-bond acceptors (Lipinski definition) is 4. The van der Waals surface area contributed by atoms with Crippen LogP contribution in [-0.4, -0.2) is 36.1 Å². The molecule has 0 spiro atoms. The smallest absolute Gasteiger partial charge is 0.345 e. The van der Waals surface area contributed by atoms with E-state index in [4.69, 9.17) is 0 Å². The minimum Gasteiger partial charge on any atom is -0.345 e. The Balaban J connectivity index is 1.90. The second-order valence-corrected chi connectivity index (χ2v) is 6.34. The molecule has 0 aliphatic carbocycles. The molecule has 25 heavy (non-hydrogen) atoms. The van der Waals surface area contributed by atoms with E-state index in [1.807, 2.05) is 30.3 Å². The highest BCUT2D eigenvalue weighted by atomic mass is 32.1. The second kappa shape index (κ2) is 8.11. The molecule has 0 bridgehead atoms. The fourth-order valence-electron chi connectivity index (χ4n) is 2.01. The van der Waals surface area contributed by atoms with Gasteiger partial charge in [0, 0.05) is 6.42 Å². The first kappa shape index (κ1) is 18.9. The summed E-state index contributed by atoms with van der Waals surface area (Å²) in [4.78, 5) is 28.1. The molecular formula is C16H16F3N3O2S. The van der Waals surface area contributed by atoms with Gasteiger partial charge in [-0.1, -0.05) is 30.3 Å². The second-order valence-electron chi connectivity index (χ2n) is 5.26. The average molecular weight is 371 g/mol. The standard InChI is InChI=1S/C16H16F3N3O2S/c1-10-14(15(24)20-8-12(23)21-9-16(17,18)19)25-13(22-10)7-11-5-3-2-4-6-11/h2-6H,7-9H2,1H3,(H,20,24)(H,21,23). The minimum atomic E-state index is -4.49. The molecule has 0 radical (unpaired) electrons. The van der Waals surface area contributed by atoms with Crippen molar-refractivity contribution in [2.24, 2.45) is 0 Å². The van der Waals surface area contributed by atoms with Crippen molar-refractivity contribution in [1.29, 1.82) is 0 Å². The minimum absolute atomic E-state index is 0.342. The molecular weight excluding hydrogens is 355 g/mol. The van der Waals surface area contributed by atoms with Gasteiger partial charge in [-0.3, -0.25) is 9.59 Å². The van der Waals surface area contributed by atoms with E-state index in [1.54, 1.807) is 12.2 Å². The zero-order chi connectivity index (χ0) is 18.4. The molecule has 0 aliphatic rings. The quantitative estimate of drug-likeness (QED) is 0.819. The summed E-state index contributed by atoms with van der Waals surface area (Å²) in [6.45, 7) is -0.285. The topological polar surface area (TPSA) is 71.1 Å². The molecule has 9 heteroatoms. The van der Waals surface area contributed by atoms with Crippen molar-refractivity contribution >= 4 is 23.2 Å². The highest BCUT2D eigenvalue weighted by molar-refractivity contribution is 7.13. The zero-order valence-corrected chi connectivity index (χ0v) is 14.1. The lowest BCUT2D eigenvalue weighted by Gasteiger charge is -2.08. The first-order chi connectivity index (χ1) is 11.7. The van der Waals surface area contributed by atoms with Crippen molar-refractivity contribution in [2.75, 3.05) is 13.1 Å². The van der Waals surface area contributed by atoms with Crippen molar-refractivity contribution in [3.05, 3.63) is 51.5 Å². The summed E-state index contributed by atoms with van der Waals surface area (Å²) < 4.78 is 36.0. The van der Waals surface area contributed by atoms with Gasteiger partial charge >= 0.3 is 6.18 Å². The van der Waals surface area contributed by atoms with E-state index in [-0.39, 0.29) is 0 Å². The number of hydrogen-bond donors (Lipinski definition) is 2. The van der Waals surface area contributed by atoms with Gasteiger partial charge in [0.1, 0.15) is 11.4 Å². The van der Waals surface area contributed by atoms with Gasteiger partial charge in [-0.2, -0.15) is 13.2 Å². The van der Waals surface area contributed by atoms with Crippen LogP contribution >= 0.6 is 11.3 Å². The van der Waals surface area contributed by atoms with E-state index < -0.39 is 31.1 Å². The summed E-state index contributed by atoms with van der Waals surface area (Å²) in [5, 5.41) is 4.74. The van der Waals surface area contributed by atoms with E-state index in [9.17, 15) is 22.8 Å². The molecule has 0 fully saturated rings. The largest absolute Gasteiger partial charge is 0.405 e. The van der Waals surface area contributed by atoms with Crippen LogP contribution < -0.4 is 10.6 Å². The zero-order valence-electron chi connectivity index (χ0n) is 13.3. The number of aryl methyl sites for hydroxylation is 1. The molecule has 5 nitrogen and oxygen atoms in total. The fourth-order valence-corrected chi connectivity index (χ4v) is 3.03. The highest BCUT2D eigenvalue weighted by Crippen LogP contribution is 2.20. The van der Waals surface area contributed by atoms with Gasteiger partial charge in [0.2, 0.25) is 5.91 Å². The molecule has 2 amide bonds.